The van der Waals surface area contributed by atoms with Crippen LogP contribution in [0.3, 0.4) is 0 Å². The fraction of sp³-hybridized carbons (Fsp3) is 0.200. The second kappa shape index (κ2) is 4.39. The number of benzene rings is 1. The summed E-state index contributed by atoms with van der Waals surface area (Å²) < 4.78 is 0. The molecular weight excluding hydrogens is 236 g/mol. The molecule has 0 amide bonds. The van der Waals surface area contributed by atoms with E-state index < -0.39 is 0 Å². The molecular formula is C15H16N4. The predicted molar refractivity (Wildman–Crippen MR) is 77.8 cm³/mol. The summed E-state index contributed by atoms with van der Waals surface area (Å²) >= 11 is 0. The normalized spacial score (nSPS) is 10.9. The van der Waals surface area contributed by atoms with Crippen molar-refractivity contribution >= 4 is 22.5 Å². The van der Waals surface area contributed by atoms with Crippen molar-refractivity contribution in [3.8, 4) is 0 Å². The molecule has 0 spiro atoms. The van der Waals surface area contributed by atoms with Crippen molar-refractivity contribution in [1.29, 1.82) is 0 Å². The first-order chi connectivity index (χ1) is 9.15. The molecule has 0 bridgehead atoms. The third kappa shape index (κ3) is 2.05. The molecule has 0 aliphatic rings. The number of aromatic amines is 1. The second-order valence-corrected chi connectivity index (χ2v) is 4.86. The summed E-state index contributed by atoms with van der Waals surface area (Å²) in [6.45, 7) is 6.33. The molecule has 2 aromatic heterocycles. The Balaban J connectivity index is 2.09. The van der Waals surface area contributed by atoms with E-state index in [0.29, 0.717) is 0 Å². The number of hydrogen-bond donors (Lipinski definition) is 2. The maximum Gasteiger partial charge on any atom is 0.143 e. The van der Waals surface area contributed by atoms with E-state index in [0.717, 1.165) is 22.5 Å². The molecule has 19 heavy (non-hydrogen) atoms. The van der Waals surface area contributed by atoms with E-state index in [2.05, 4.69) is 53.2 Å². The molecule has 0 atom stereocenters. The highest BCUT2D eigenvalue weighted by molar-refractivity contribution is 5.89. The van der Waals surface area contributed by atoms with E-state index in [-0.39, 0.29) is 0 Å². The van der Waals surface area contributed by atoms with Crippen molar-refractivity contribution < 1.29 is 0 Å². The number of hydrogen-bond acceptors (Lipinski definition) is 3. The maximum absolute atomic E-state index is 4.34. The lowest BCUT2D eigenvalue weighted by molar-refractivity contribution is 1.19. The molecule has 2 N–H and O–H groups in total. The smallest absolute Gasteiger partial charge is 0.143 e. The molecule has 4 nitrogen and oxygen atoms in total. The van der Waals surface area contributed by atoms with Crippen LogP contribution < -0.4 is 5.32 Å². The molecule has 0 aliphatic carbocycles. The zero-order chi connectivity index (χ0) is 13.4. The van der Waals surface area contributed by atoms with Crippen molar-refractivity contribution in [2.75, 3.05) is 5.32 Å². The third-order valence-corrected chi connectivity index (χ3v) is 3.27. The van der Waals surface area contributed by atoms with Crippen LogP contribution in [0.4, 0.5) is 11.5 Å². The molecule has 0 saturated heterocycles. The minimum Gasteiger partial charge on any atom is -0.346 e. The van der Waals surface area contributed by atoms with Gasteiger partial charge in [0.05, 0.1) is 5.39 Å². The van der Waals surface area contributed by atoms with Crippen molar-refractivity contribution in [2.24, 2.45) is 0 Å². The SMILES string of the molecule is Cc1cc(C)c(Nc2ncnc3[nH]ccc23)c(C)c1. The first-order valence-corrected chi connectivity index (χ1v) is 6.28. The zero-order valence-electron chi connectivity index (χ0n) is 11.3. The second-order valence-electron chi connectivity index (χ2n) is 4.86. The Hall–Kier alpha value is -2.36. The van der Waals surface area contributed by atoms with Crippen molar-refractivity contribution in [3.63, 3.8) is 0 Å². The topological polar surface area (TPSA) is 53.6 Å². The van der Waals surface area contributed by atoms with Crippen LogP contribution in [0.5, 0.6) is 0 Å². The number of nitrogens with one attached hydrogen (secondary N) is 2. The van der Waals surface area contributed by atoms with Crippen LogP contribution in [0.1, 0.15) is 16.7 Å². The Labute approximate surface area is 111 Å². The first kappa shape index (κ1) is 11.7. The molecule has 0 saturated carbocycles. The fourth-order valence-corrected chi connectivity index (χ4v) is 2.47. The summed E-state index contributed by atoms with van der Waals surface area (Å²) in [6, 6.07) is 6.33. The van der Waals surface area contributed by atoms with Gasteiger partial charge in [0.15, 0.2) is 0 Å². The Morgan fingerprint density at radius 1 is 1.05 bits per heavy atom. The molecule has 3 aromatic rings. The van der Waals surface area contributed by atoms with Crippen LogP contribution in [0, 0.1) is 20.8 Å². The average molecular weight is 252 g/mol. The molecule has 0 unspecified atom stereocenters. The van der Waals surface area contributed by atoms with Crippen LogP contribution in [0.25, 0.3) is 11.0 Å². The van der Waals surface area contributed by atoms with Crippen LogP contribution in [0.2, 0.25) is 0 Å². The predicted octanol–water partition coefficient (Wildman–Crippen LogP) is 3.63. The van der Waals surface area contributed by atoms with Crippen molar-refractivity contribution in [3.05, 3.63) is 47.4 Å². The Morgan fingerprint density at radius 2 is 1.79 bits per heavy atom. The summed E-state index contributed by atoms with van der Waals surface area (Å²) in [5, 5.41) is 4.43. The van der Waals surface area contributed by atoms with Gasteiger partial charge in [0, 0.05) is 11.9 Å². The van der Waals surface area contributed by atoms with E-state index in [1.807, 2.05) is 12.3 Å². The summed E-state index contributed by atoms with van der Waals surface area (Å²) in [7, 11) is 0. The summed E-state index contributed by atoms with van der Waals surface area (Å²) in [4.78, 5) is 11.6. The van der Waals surface area contributed by atoms with Crippen LogP contribution >= 0.6 is 0 Å². The molecule has 1 aromatic carbocycles. The first-order valence-electron chi connectivity index (χ1n) is 6.28. The van der Waals surface area contributed by atoms with Crippen LogP contribution in [-0.4, -0.2) is 15.0 Å². The molecule has 0 aliphatic heterocycles. The monoisotopic (exact) mass is 252 g/mol. The van der Waals surface area contributed by atoms with Crippen LogP contribution in [-0.2, 0) is 0 Å². The molecule has 96 valence electrons. The average Bonchev–Trinajstić information content (AvgIpc) is 2.82. The van der Waals surface area contributed by atoms with Gasteiger partial charge >= 0.3 is 0 Å². The molecule has 4 heteroatoms. The third-order valence-electron chi connectivity index (χ3n) is 3.27. The van der Waals surface area contributed by atoms with Gasteiger partial charge in [-0.1, -0.05) is 17.7 Å². The van der Waals surface area contributed by atoms with Gasteiger partial charge in [0.1, 0.15) is 17.8 Å². The zero-order valence-corrected chi connectivity index (χ0v) is 11.3. The van der Waals surface area contributed by atoms with Gasteiger partial charge in [-0.15, -0.1) is 0 Å². The lowest BCUT2D eigenvalue weighted by Crippen LogP contribution is -1.99. The summed E-state index contributed by atoms with van der Waals surface area (Å²) in [5.41, 5.74) is 5.68. The highest BCUT2D eigenvalue weighted by Crippen LogP contribution is 2.27. The number of anilines is 2. The largest absolute Gasteiger partial charge is 0.346 e. The number of rotatable bonds is 2. The van der Waals surface area contributed by atoms with Crippen molar-refractivity contribution in [2.45, 2.75) is 20.8 Å². The number of aryl methyl sites for hydroxylation is 3. The molecule has 0 fully saturated rings. The van der Waals surface area contributed by atoms with E-state index in [1.165, 1.54) is 16.7 Å². The standard InChI is InChI=1S/C15H16N4/c1-9-6-10(2)13(11(3)7-9)19-15-12-4-5-16-14(12)17-8-18-15/h4-8H,1-3H3,(H2,16,17,18,19). The van der Waals surface area contributed by atoms with Gasteiger partial charge in [0.2, 0.25) is 0 Å². The Bertz CT molecular complexity index is 720. The summed E-state index contributed by atoms with van der Waals surface area (Å²) in [6.07, 6.45) is 3.44. The quantitative estimate of drug-likeness (QED) is 0.732. The number of fused-ring (bicyclic) bond motifs is 1. The lowest BCUT2D eigenvalue weighted by Gasteiger charge is -2.13. The fourth-order valence-electron chi connectivity index (χ4n) is 2.47. The van der Waals surface area contributed by atoms with E-state index in [9.17, 15) is 0 Å². The van der Waals surface area contributed by atoms with E-state index in [4.69, 9.17) is 0 Å². The molecule has 3 rings (SSSR count). The Morgan fingerprint density at radius 3 is 2.53 bits per heavy atom. The molecule has 0 radical (unpaired) electrons. The number of aromatic nitrogens is 3. The highest BCUT2D eigenvalue weighted by Gasteiger charge is 2.08. The number of nitrogens with zero attached hydrogens (tertiary/aromatic N) is 2. The van der Waals surface area contributed by atoms with Gasteiger partial charge in [-0.3, -0.25) is 0 Å². The highest BCUT2D eigenvalue weighted by atomic mass is 15.0. The minimum atomic E-state index is 0.835. The number of H-pyrrole nitrogens is 1. The van der Waals surface area contributed by atoms with Gasteiger partial charge in [-0.25, -0.2) is 9.97 Å². The lowest BCUT2D eigenvalue weighted by atomic mass is 10.1. The molecule has 2 heterocycles. The minimum absolute atomic E-state index is 0.835. The summed E-state index contributed by atoms with van der Waals surface area (Å²) in [5.74, 6) is 0.835. The van der Waals surface area contributed by atoms with Gasteiger partial charge in [-0.05, 0) is 38.0 Å². The van der Waals surface area contributed by atoms with Gasteiger partial charge in [0.25, 0.3) is 0 Å². The maximum atomic E-state index is 4.34. The van der Waals surface area contributed by atoms with Gasteiger partial charge in [-0.2, -0.15) is 0 Å². The van der Waals surface area contributed by atoms with Gasteiger partial charge < -0.3 is 10.3 Å². The van der Waals surface area contributed by atoms with Crippen molar-refractivity contribution in [1.82, 2.24) is 15.0 Å². The van der Waals surface area contributed by atoms with Crippen LogP contribution in [0.15, 0.2) is 30.7 Å². The van der Waals surface area contributed by atoms with E-state index in [1.54, 1.807) is 6.33 Å². The Kier molecular flexibility index (Phi) is 2.71. The van der Waals surface area contributed by atoms with E-state index >= 15 is 0 Å².